The van der Waals surface area contributed by atoms with Gasteiger partial charge in [-0.1, -0.05) is 42.5 Å². The second-order valence-electron chi connectivity index (χ2n) is 4.94. The highest BCUT2D eigenvalue weighted by molar-refractivity contribution is 5.64. The summed E-state index contributed by atoms with van der Waals surface area (Å²) >= 11 is 0. The first-order valence-corrected chi connectivity index (χ1v) is 6.79. The fourth-order valence-corrected chi connectivity index (χ4v) is 2.57. The van der Waals surface area contributed by atoms with Crippen LogP contribution in [-0.4, -0.2) is 17.6 Å². The third kappa shape index (κ3) is 3.09. The van der Waals surface area contributed by atoms with Gasteiger partial charge in [0.1, 0.15) is 0 Å². The first-order chi connectivity index (χ1) is 9.42. The fourth-order valence-electron chi connectivity index (χ4n) is 2.57. The highest BCUT2D eigenvalue weighted by Crippen LogP contribution is 2.22. The molecule has 2 heteroatoms. The van der Waals surface area contributed by atoms with Gasteiger partial charge >= 0.3 is 0 Å². The maximum absolute atomic E-state index is 4.45. The number of nitrogens with one attached hydrogen (secondary N) is 1. The summed E-state index contributed by atoms with van der Waals surface area (Å²) < 4.78 is 0. The van der Waals surface area contributed by atoms with Gasteiger partial charge in [-0.2, -0.15) is 0 Å². The number of hydrogen-bond donors (Lipinski definition) is 1. The summed E-state index contributed by atoms with van der Waals surface area (Å²) in [7, 11) is 0. The summed E-state index contributed by atoms with van der Waals surface area (Å²) in [5, 5.41) is 3.56. The Balaban J connectivity index is 1.70. The number of rotatable bonds is 3. The minimum Gasteiger partial charge on any atom is -0.310 e. The van der Waals surface area contributed by atoms with Crippen molar-refractivity contribution < 1.29 is 0 Å². The van der Waals surface area contributed by atoms with E-state index in [0.717, 1.165) is 25.1 Å². The van der Waals surface area contributed by atoms with Crippen molar-refractivity contribution in [3.05, 3.63) is 72.1 Å². The van der Waals surface area contributed by atoms with Crippen molar-refractivity contribution in [2.75, 3.05) is 6.54 Å². The normalized spacial score (nSPS) is 18.9. The molecule has 3 rings (SSSR count). The third-order valence-corrected chi connectivity index (χ3v) is 3.54. The number of hydrogen-bond acceptors (Lipinski definition) is 2. The van der Waals surface area contributed by atoms with Crippen LogP contribution in [0.2, 0.25) is 0 Å². The van der Waals surface area contributed by atoms with Gasteiger partial charge in [-0.15, -0.1) is 0 Å². The van der Waals surface area contributed by atoms with Crippen molar-refractivity contribution in [2.45, 2.75) is 18.9 Å². The maximum atomic E-state index is 4.45. The lowest BCUT2D eigenvalue weighted by atomic mass is 9.94. The second-order valence-corrected chi connectivity index (χ2v) is 4.94. The van der Waals surface area contributed by atoms with Gasteiger partial charge in [-0.25, -0.2) is 0 Å². The minimum atomic E-state index is 0.504. The van der Waals surface area contributed by atoms with Crippen LogP contribution >= 0.6 is 0 Å². The molecule has 0 spiro atoms. The molecule has 0 aliphatic carbocycles. The smallest absolute Gasteiger partial charge is 0.0659 e. The predicted molar refractivity (Wildman–Crippen MR) is 78.8 cm³/mol. The Morgan fingerprint density at radius 2 is 1.89 bits per heavy atom. The molecule has 96 valence electrons. The second kappa shape index (κ2) is 5.81. The SMILES string of the molecule is C1=C(c2ccccn2)CC(Cc2ccccc2)NC1. The highest BCUT2D eigenvalue weighted by Gasteiger charge is 2.16. The zero-order chi connectivity index (χ0) is 12.9. The van der Waals surface area contributed by atoms with E-state index in [9.17, 15) is 0 Å². The van der Waals surface area contributed by atoms with E-state index >= 15 is 0 Å². The van der Waals surface area contributed by atoms with Gasteiger partial charge in [0, 0.05) is 18.8 Å². The largest absolute Gasteiger partial charge is 0.310 e. The van der Waals surface area contributed by atoms with E-state index in [0.29, 0.717) is 6.04 Å². The van der Waals surface area contributed by atoms with Gasteiger partial charge in [-0.3, -0.25) is 4.98 Å². The zero-order valence-corrected chi connectivity index (χ0v) is 10.9. The molecule has 2 heterocycles. The summed E-state index contributed by atoms with van der Waals surface area (Å²) in [4.78, 5) is 4.45. The highest BCUT2D eigenvalue weighted by atomic mass is 14.9. The fraction of sp³-hybridized carbons (Fsp3) is 0.235. The average molecular weight is 250 g/mol. The van der Waals surface area contributed by atoms with E-state index in [1.807, 2.05) is 12.3 Å². The van der Waals surface area contributed by atoms with Crippen molar-refractivity contribution in [3.63, 3.8) is 0 Å². The quantitative estimate of drug-likeness (QED) is 0.905. The van der Waals surface area contributed by atoms with Crippen molar-refractivity contribution in [1.82, 2.24) is 10.3 Å². The monoisotopic (exact) mass is 250 g/mol. The van der Waals surface area contributed by atoms with Gasteiger partial charge in [0.2, 0.25) is 0 Å². The molecule has 0 saturated carbocycles. The van der Waals surface area contributed by atoms with E-state index in [-0.39, 0.29) is 0 Å². The lowest BCUT2D eigenvalue weighted by Gasteiger charge is -2.24. The molecule has 1 aliphatic rings. The van der Waals surface area contributed by atoms with Crippen LogP contribution in [0.15, 0.2) is 60.8 Å². The summed E-state index contributed by atoms with van der Waals surface area (Å²) in [5.74, 6) is 0. The molecular weight excluding hydrogens is 232 g/mol. The summed E-state index contributed by atoms with van der Waals surface area (Å²) in [6, 6.07) is 17.3. The Kier molecular flexibility index (Phi) is 3.70. The Morgan fingerprint density at radius 1 is 1.05 bits per heavy atom. The number of aromatic nitrogens is 1. The van der Waals surface area contributed by atoms with Crippen LogP contribution < -0.4 is 5.32 Å². The van der Waals surface area contributed by atoms with Gasteiger partial charge in [0.15, 0.2) is 0 Å². The van der Waals surface area contributed by atoms with Gasteiger partial charge in [-0.05, 0) is 36.1 Å². The van der Waals surface area contributed by atoms with Crippen molar-refractivity contribution in [1.29, 1.82) is 0 Å². The van der Waals surface area contributed by atoms with Crippen LogP contribution in [0, 0.1) is 0 Å². The lowest BCUT2D eigenvalue weighted by molar-refractivity contribution is 0.532. The molecule has 2 nitrogen and oxygen atoms in total. The molecule has 2 aromatic rings. The topological polar surface area (TPSA) is 24.9 Å². The average Bonchev–Trinajstić information content (AvgIpc) is 2.49. The molecule has 1 aliphatic heterocycles. The van der Waals surface area contributed by atoms with Gasteiger partial charge < -0.3 is 5.32 Å². The molecule has 1 aromatic carbocycles. The summed E-state index contributed by atoms with van der Waals surface area (Å²) in [5.41, 5.74) is 3.87. The van der Waals surface area contributed by atoms with Gasteiger partial charge in [0.05, 0.1) is 5.69 Å². The van der Waals surface area contributed by atoms with Gasteiger partial charge in [0.25, 0.3) is 0 Å². The molecule has 1 aromatic heterocycles. The van der Waals surface area contributed by atoms with Crippen molar-refractivity contribution in [3.8, 4) is 0 Å². The summed E-state index contributed by atoms with van der Waals surface area (Å²) in [6.45, 7) is 0.934. The van der Waals surface area contributed by atoms with Crippen LogP contribution in [-0.2, 0) is 6.42 Å². The Bertz CT molecular complexity index is 546. The molecule has 0 bridgehead atoms. The first kappa shape index (κ1) is 12.1. The van der Waals surface area contributed by atoms with Crippen LogP contribution in [0.1, 0.15) is 17.7 Å². The number of nitrogens with zero attached hydrogens (tertiary/aromatic N) is 1. The molecular formula is C17H18N2. The van der Waals surface area contributed by atoms with Crippen molar-refractivity contribution >= 4 is 5.57 Å². The van der Waals surface area contributed by atoms with E-state index in [2.05, 4.69) is 58.8 Å². The Morgan fingerprint density at radius 3 is 2.68 bits per heavy atom. The Hall–Kier alpha value is -1.93. The maximum Gasteiger partial charge on any atom is 0.0659 e. The van der Waals surface area contributed by atoms with Crippen LogP contribution in [0.4, 0.5) is 0 Å². The standard InChI is InChI=1S/C17H18N2/c1-2-6-14(7-3-1)12-16-13-15(9-11-18-16)17-8-4-5-10-19-17/h1-10,16,18H,11-13H2. The van der Waals surface area contributed by atoms with E-state index in [4.69, 9.17) is 0 Å². The number of pyridine rings is 1. The molecule has 0 saturated heterocycles. The van der Waals surface area contributed by atoms with E-state index in [1.165, 1.54) is 11.1 Å². The predicted octanol–water partition coefficient (Wildman–Crippen LogP) is 3.07. The first-order valence-electron chi connectivity index (χ1n) is 6.79. The third-order valence-electron chi connectivity index (χ3n) is 3.54. The minimum absolute atomic E-state index is 0.504. The number of benzene rings is 1. The van der Waals surface area contributed by atoms with E-state index < -0.39 is 0 Å². The summed E-state index contributed by atoms with van der Waals surface area (Å²) in [6.07, 6.45) is 6.24. The Labute approximate surface area is 114 Å². The molecule has 1 atom stereocenters. The molecule has 19 heavy (non-hydrogen) atoms. The molecule has 1 unspecified atom stereocenters. The van der Waals surface area contributed by atoms with Crippen LogP contribution in [0.25, 0.3) is 5.57 Å². The lowest BCUT2D eigenvalue weighted by Crippen LogP contribution is -2.34. The molecule has 0 radical (unpaired) electrons. The molecule has 0 fully saturated rings. The van der Waals surface area contributed by atoms with Crippen LogP contribution in [0.5, 0.6) is 0 Å². The van der Waals surface area contributed by atoms with Crippen molar-refractivity contribution in [2.24, 2.45) is 0 Å². The molecule has 1 N–H and O–H groups in total. The zero-order valence-electron chi connectivity index (χ0n) is 10.9. The molecule has 0 amide bonds. The van der Waals surface area contributed by atoms with E-state index in [1.54, 1.807) is 0 Å². The van der Waals surface area contributed by atoms with Crippen LogP contribution in [0.3, 0.4) is 0 Å².